The van der Waals surface area contributed by atoms with Crippen molar-refractivity contribution < 1.29 is 4.74 Å². The molecule has 0 heterocycles. The fourth-order valence-corrected chi connectivity index (χ4v) is 2.88. The summed E-state index contributed by atoms with van der Waals surface area (Å²) >= 11 is 0. The van der Waals surface area contributed by atoms with E-state index in [0.717, 1.165) is 12.5 Å². The third-order valence-electron chi connectivity index (χ3n) is 3.55. The summed E-state index contributed by atoms with van der Waals surface area (Å²) in [5.74, 6) is 0.809. The summed E-state index contributed by atoms with van der Waals surface area (Å²) in [5.41, 5.74) is 0.549. The molecule has 0 aromatic carbocycles. The Morgan fingerprint density at radius 3 is 2.57 bits per heavy atom. The van der Waals surface area contributed by atoms with Crippen LogP contribution in [0.15, 0.2) is 0 Å². The highest BCUT2D eigenvalue weighted by molar-refractivity contribution is 4.83. The Morgan fingerprint density at radius 1 is 1.36 bits per heavy atom. The molecule has 0 aromatic heterocycles. The standard InChI is InChI=1S/C13H26O/c1-5-12(14-6-2)11-8-7-9-13(3,4)10-11/h11-12H,5-10H2,1-4H3. The SMILES string of the molecule is CCOC(CC)C1CCCC(C)(C)C1. The second-order valence-electron chi connectivity index (χ2n) is 5.42. The van der Waals surface area contributed by atoms with E-state index in [9.17, 15) is 0 Å². The lowest BCUT2D eigenvalue weighted by atomic mass is 9.70. The van der Waals surface area contributed by atoms with Crippen LogP contribution in [-0.2, 0) is 4.74 Å². The third-order valence-corrected chi connectivity index (χ3v) is 3.55. The molecule has 1 saturated carbocycles. The molecule has 1 fully saturated rings. The van der Waals surface area contributed by atoms with Crippen LogP contribution in [0.5, 0.6) is 0 Å². The highest BCUT2D eigenvalue weighted by atomic mass is 16.5. The fraction of sp³-hybridized carbons (Fsp3) is 1.00. The minimum Gasteiger partial charge on any atom is -0.378 e. The summed E-state index contributed by atoms with van der Waals surface area (Å²) in [5, 5.41) is 0. The number of hydrogen-bond acceptors (Lipinski definition) is 1. The van der Waals surface area contributed by atoms with Gasteiger partial charge in [0, 0.05) is 6.61 Å². The molecule has 0 amide bonds. The minimum atomic E-state index is 0.513. The van der Waals surface area contributed by atoms with Gasteiger partial charge < -0.3 is 4.74 Å². The minimum absolute atomic E-state index is 0.513. The van der Waals surface area contributed by atoms with Gasteiger partial charge in [0.2, 0.25) is 0 Å². The Labute approximate surface area is 89.2 Å². The van der Waals surface area contributed by atoms with Gasteiger partial charge >= 0.3 is 0 Å². The number of rotatable bonds is 4. The first-order valence-corrected chi connectivity index (χ1v) is 6.20. The summed E-state index contributed by atoms with van der Waals surface area (Å²) in [6, 6.07) is 0. The normalized spacial score (nSPS) is 28.7. The summed E-state index contributed by atoms with van der Waals surface area (Å²) in [6.07, 6.45) is 7.20. The highest BCUT2D eigenvalue weighted by Crippen LogP contribution is 2.41. The van der Waals surface area contributed by atoms with Gasteiger partial charge in [-0.25, -0.2) is 0 Å². The van der Waals surface area contributed by atoms with Gasteiger partial charge in [0.25, 0.3) is 0 Å². The molecule has 0 radical (unpaired) electrons. The van der Waals surface area contributed by atoms with Gasteiger partial charge in [0.1, 0.15) is 0 Å². The second kappa shape index (κ2) is 5.16. The Hall–Kier alpha value is -0.0400. The van der Waals surface area contributed by atoms with E-state index in [0.29, 0.717) is 11.5 Å². The zero-order valence-electron chi connectivity index (χ0n) is 10.3. The molecule has 1 nitrogen and oxygen atoms in total. The quantitative estimate of drug-likeness (QED) is 0.663. The van der Waals surface area contributed by atoms with Crippen LogP contribution < -0.4 is 0 Å². The van der Waals surface area contributed by atoms with Crippen LogP contribution in [-0.4, -0.2) is 12.7 Å². The van der Waals surface area contributed by atoms with E-state index < -0.39 is 0 Å². The number of hydrogen-bond donors (Lipinski definition) is 0. The van der Waals surface area contributed by atoms with E-state index in [1.54, 1.807) is 0 Å². The van der Waals surface area contributed by atoms with Gasteiger partial charge in [0.05, 0.1) is 6.10 Å². The fourth-order valence-electron chi connectivity index (χ4n) is 2.88. The van der Waals surface area contributed by atoms with E-state index in [1.165, 1.54) is 32.1 Å². The monoisotopic (exact) mass is 198 g/mol. The van der Waals surface area contributed by atoms with Crippen LogP contribution in [0, 0.1) is 11.3 Å². The molecular formula is C13H26O. The lowest BCUT2D eigenvalue weighted by Gasteiger charge is -2.38. The maximum absolute atomic E-state index is 5.82. The molecule has 1 rings (SSSR count). The zero-order chi connectivity index (χ0) is 10.6. The molecule has 0 aliphatic heterocycles. The van der Waals surface area contributed by atoms with E-state index >= 15 is 0 Å². The Kier molecular flexibility index (Phi) is 4.43. The van der Waals surface area contributed by atoms with Crippen molar-refractivity contribution in [3.8, 4) is 0 Å². The first-order chi connectivity index (χ1) is 6.59. The molecule has 84 valence electrons. The van der Waals surface area contributed by atoms with Crippen LogP contribution in [0.1, 0.15) is 59.8 Å². The predicted molar refractivity (Wildman–Crippen MR) is 61.4 cm³/mol. The molecule has 1 aliphatic carbocycles. The molecular weight excluding hydrogens is 172 g/mol. The van der Waals surface area contributed by atoms with Gasteiger partial charge in [0.15, 0.2) is 0 Å². The topological polar surface area (TPSA) is 9.23 Å². The zero-order valence-corrected chi connectivity index (χ0v) is 10.3. The van der Waals surface area contributed by atoms with Crippen LogP contribution in [0.25, 0.3) is 0 Å². The smallest absolute Gasteiger partial charge is 0.0600 e. The summed E-state index contributed by atoms with van der Waals surface area (Å²) < 4.78 is 5.82. The van der Waals surface area contributed by atoms with Crippen LogP contribution in [0.3, 0.4) is 0 Å². The average Bonchev–Trinajstić information content (AvgIpc) is 2.12. The molecule has 0 bridgehead atoms. The maximum atomic E-state index is 5.82. The van der Waals surface area contributed by atoms with Gasteiger partial charge in [-0.2, -0.15) is 0 Å². The van der Waals surface area contributed by atoms with Gasteiger partial charge in [-0.15, -0.1) is 0 Å². The van der Waals surface area contributed by atoms with Gasteiger partial charge in [-0.05, 0) is 43.9 Å². The molecule has 14 heavy (non-hydrogen) atoms. The lowest BCUT2D eigenvalue weighted by molar-refractivity contribution is -0.0138. The van der Waals surface area contributed by atoms with Crippen molar-refractivity contribution in [2.45, 2.75) is 65.9 Å². The highest BCUT2D eigenvalue weighted by Gasteiger charge is 2.32. The molecule has 0 N–H and O–H groups in total. The molecule has 1 heteroatoms. The van der Waals surface area contributed by atoms with Crippen molar-refractivity contribution in [1.29, 1.82) is 0 Å². The van der Waals surface area contributed by atoms with Gasteiger partial charge in [-0.1, -0.05) is 27.2 Å². The lowest BCUT2D eigenvalue weighted by Crippen LogP contribution is -2.32. The summed E-state index contributed by atoms with van der Waals surface area (Å²) in [6.45, 7) is 10.0. The second-order valence-corrected chi connectivity index (χ2v) is 5.42. The first-order valence-electron chi connectivity index (χ1n) is 6.20. The average molecular weight is 198 g/mol. The van der Waals surface area contributed by atoms with Crippen molar-refractivity contribution >= 4 is 0 Å². The molecule has 1 aliphatic rings. The molecule has 0 spiro atoms. The third kappa shape index (κ3) is 3.27. The molecule has 0 saturated heterocycles. The Morgan fingerprint density at radius 2 is 2.07 bits per heavy atom. The molecule has 2 unspecified atom stereocenters. The van der Waals surface area contributed by atoms with Crippen LogP contribution >= 0.6 is 0 Å². The van der Waals surface area contributed by atoms with Crippen LogP contribution in [0.4, 0.5) is 0 Å². The Bertz CT molecular complexity index is 163. The molecule has 0 aromatic rings. The van der Waals surface area contributed by atoms with E-state index in [4.69, 9.17) is 4.74 Å². The van der Waals surface area contributed by atoms with Crippen molar-refractivity contribution in [2.75, 3.05) is 6.61 Å². The Balaban J connectivity index is 2.49. The largest absolute Gasteiger partial charge is 0.378 e. The van der Waals surface area contributed by atoms with Crippen molar-refractivity contribution in [1.82, 2.24) is 0 Å². The molecule has 2 atom stereocenters. The van der Waals surface area contributed by atoms with Crippen molar-refractivity contribution in [3.05, 3.63) is 0 Å². The van der Waals surface area contributed by atoms with Crippen molar-refractivity contribution in [3.63, 3.8) is 0 Å². The number of ether oxygens (including phenoxy) is 1. The van der Waals surface area contributed by atoms with E-state index in [2.05, 4.69) is 27.7 Å². The summed E-state index contributed by atoms with van der Waals surface area (Å²) in [4.78, 5) is 0. The van der Waals surface area contributed by atoms with Crippen molar-refractivity contribution in [2.24, 2.45) is 11.3 Å². The van der Waals surface area contributed by atoms with E-state index in [-0.39, 0.29) is 0 Å². The first kappa shape index (κ1) is 12.0. The summed E-state index contributed by atoms with van der Waals surface area (Å²) in [7, 11) is 0. The predicted octanol–water partition coefficient (Wildman–Crippen LogP) is 4.02. The maximum Gasteiger partial charge on any atom is 0.0600 e. The van der Waals surface area contributed by atoms with Crippen LogP contribution in [0.2, 0.25) is 0 Å². The van der Waals surface area contributed by atoms with Gasteiger partial charge in [-0.3, -0.25) is 0 Å². The van der Waals surface area contributed by atoms with E-state index in [1.807, 2.05) is 0 Å².